The van der Waals surface area contributed by atoms with E-state index in [2.05, 4.69) is 4.74 Å². The largest absolute Gasteiger partial charge is 0.493 e. The molecule has 2 rings (SSSR count). The second-order valence-electron chi connectivity index (χ2n) is 4.59. The molecule has 0 aromatic heterocycles. The van der Waals surface area contributed by atoms with Crippen molar-refractivity contribution in [3.05, 3.63) is 53.6 Å². The van der Waals surface area contributed by atoms with Gasteiger partial charge in [-0.3, -0.25) is 4.79 Å². The lowest BCUT2D eigenvalue weighted by atomic mass is 10.1. The first-order chi connectivity index (χ1) is 11.5. The molecule has 0 spiro atoms. The Kier molecular flexibility index (Phi) is 5.68. The summed E-state index contributed by atoms with van der Waals surface area (Å²) in [7, 11) is 1.42. The first kappa shape index (κ1) is 17.2. The summed E-state index contributed by atoms with van der Waals surface area (Å²) in [6.45, 7) is -3.18. The second-order valence-corrected chi connectivity index (χ2v) is 4.59. The SMILES string of the molecule is COc1cc(C#N)ccc1OCC(=O)c1ccc(OC(F)F)cc1. The summed E-state index contributed by atoms with van der Waals surface area (Å²) < 4.78 is 38.9. The number of alkyl halides is 2. The van der Waals surface area contributed by atoms with Crippen molar-refractivity contribution in [1.82, 2.24) is 0 Å². The van der Waals surface area contributed by atoms with Gasteiger partial charge in [-0.1, -0.05) is 0 Å². The number of nitriles is 1. The third-order valence-corrected chi connectivity index (χ3v) is 3.05. The van der Waals surface area contributed by atoms with Gasteiger partial charge in [0.1, 0.15) is 5.75 Å². The van der Waals surface area contributed by atoms with Gasteiger partial charge in [-0.2, -0.15) is 14.0 Å². The van der Waals surface area contributed by atoms with Crippen molar-refractivity contribution in [2.24, 2.45) is 0 Å². The Morgan fingerprint density at radius 3 is 2.46 bits per heavy atom. The molecule has 0 atom stereocenters. The highest BCUT2D eigenvalue weighted by Gasteiger charge is 2.11. The molecule has 24 heavy (non-hydrogen) atoms. The molecule has 0 amide bonds. The number of rotatable bonds is 7. The van der Waals surface area contributed by atoms with E-state index >= 15 is 0 Å². The van der Waals surface area contributed by atoms with Crippen LogP contribution in [-0.4, -0.2) is 26.1 Å². The van der Waals surface area contributed by atoms with E-state index in [-0.39, 0.29) is 18.1 Å². The molecule has 0 saturated heterocycles. The number of hydrogen-bond donors (Lipinski definition) is 0. The lowest BCUT2D eigenvalue weighted by Gasteiger charge is -2.10. The topological polar surface area (TPSA) is 68.5 Å². The molecular weight excluding hydrogens is 320 g/mol. The minimum atomic E-state index is -2.92. The van der Waals surface area contributed by atoms with Gasteiger partial charge in [0.25, 0.3) is 0 Å². The molecule has 2 aromatic rings. The third-order valence-electron chi connectivity index (χ3n) is 3.05. The first-order valence-electron chi connectivity index (χ1n) is 6.82. The maximum atomic E-state index is 12.1. The van der Waals surface area contributed by atoms with E-state index in [1.165, 1.54) is 43.5 Å². The molecule has 2 aromatic carbocycles. The lowest BCUT2D eigenvalue weighted by Crippen LogP contribution is -2.12. The number of methoxy groups -OCH3 is 1. The highest BCUT2D eigenvalue weighted by Crippen LogP contribution is 2.28. The summed E-state index contributed by atoms with van der Waals surface area (Å²) in [6, 6.07) is 11.8. The summed E-state index contributed by atoms with van der Waals surface area (Å²) in [5, 5.41) is 8.83. The van der Waals surface area contributed by atoms with Crippen molar-refractivity contribution < 1.29 is 27.8 Å². The molecule has 0 aliphatic carbocycles. The van der Waals surface area contributed by atoms with Crippen LogP contribution in [0.1, 0.15) is 15.9 Å². The third kappa shape index (κ3) is 4.43. The van der Waals surface area contributed by atoms with Crippen LogP contribution in [0.25, 0.3) is 0 Å². The van der Waals surface area contributed by atoms with E-state index in [1.807, 2.05) is 6.07 Å². The fraction of sp³-hybridized carbons (Fsp3) is 0.176. The van der Waals surface area contributed by atoms with E-state index in [0.717, 1.165) is 0 Å². The fourth-order valence-electron chi connectivity index (χ4n) is 1.91. The quantitative estimate of drug-likeness (QED) is 0.726. The van der Waals surface area contributed by atoms with E-state index in [1.54, 1.807) is 6.07 Å². The second kappa shape index (κ2) is 7.92. The highest BCUT2D eigenvalue weighted by molar-refractivity contribution is 5.97. The van der Waals surface area contributed by atoms with Crippen LogP contribution in [0.4, 0.5) is 8.78 Å². The smallest absolute Gasteiger partial charge is 0.387 e. The van der Waals surface area contributed by atoms with Gasteiger partial charge < -0.3 is 14.2 Å². The number of carbonyl (C=O) groups is 1. The number of hydrogen-bond acceptors (Lipinski definition) is 5. The number of nitrogens with zero attached hydrogens (tertiary/aromatic N) is 1. The Bertz CT molecular complexity index is 754. The average Bonchev–Trinajstić information content (AvgIpc) is 2.59. The number of ether oxygens (including phenoxy) is 3. The molecule has 0 fully saturated rings. The first-order valence-corrected chi connectivity index (χ1v) is 6.82. The Morgan fingerprint density at radius 1 is 1.17 bits per heavy atom. The van der Waals surface area contributed by atoms with Crippen LogP contribution in [0.2, 0.25) is 0 Å². The van der Waals surface area contributed by atoms with Crippen molar-refractivity contribution >= 4 is 5.78 Å². The van der Waals surface area contributed by atoms with Gasteiger partial charge in [-0.15, -0.1) is 0 Å². The van der Waals surface area contributed by atoms with Crippen LogP contribution < -0.4 is 14.2 Å². The van der Waals surface area contributed by atoms with Crippen molar-refractivity contribution in [2.45, 2.75) is 6.61 Å². The van der Waals surface area contributed by atoms with Gasteiger partial charge in [0.05, 0.1) is 18.7 Å². The minimum absolute atomic E-state index is 0.0313. The molecule has 124 valence electrons. The zero-order valence-electron chi connectivity index (χ0n) is 12.7. The molecule has 0 aliphatic heterocycles. The monoisotopic (exact) mass is 333 g/mol. The zero-order chi connectivity index (χ0) is 17.5. The fourth-order valence-corrected chi connectivity index (χ4v) is 1.91. The lowest BCUT2D eigenvalue weighted by molar-refractivity contribution is -0.0498. The van der Waals surface area contributed by atoms with Gasteiger partial charge in [-0.25, -0.2) is 0 Å². The molecular formula is C17H13F2NO4. The molecule has 5 nitrogen and oxygen atoms in total. The van der Waals surface area contributed by atoms with Crippen LogP contribution >= 0.6 is 0 Å². The summed E-state index contributed by atoms with van der Waals surface area (Å²) in [6.07, 6.45) is 0. The van der Waals surface area contributed by atoms with E-state index in [9.17, 15) is 13.6 Å². The van der Waals surface area contributed by atoms with Crippen molar-refractivity contribution in [1.29, 1.82) is 5.26 Å². The van der Waals surface area contributed by atoms with Gasteiger partial charge in [-0.05, 0) is 36.4 Å². The number of halogens is 2. The Hall–Kier alpha value is -3.14. The van der Waals surface area contributed by atoms with Gasteiger partial charge >= 0.3 is 6.61 Å². The summed E-state index contributed by atoms with van der Waals surface area (Å²) in [5.74, 6) is 0.284. The van der Waals surface area contributed by atoms with Crippen LogP contribution in [0.5, 0.6) is 17.2 Å². The summed E-state index contributed by atoms with van der Waals surface area (Å²) in [5.41, 5.74) is 0.698. The highest BCUT2D eigenvalue weighted by atomic mass is 19.3. The Balaban J connectivity index is 2.02. The Morgan fingerprint density at radius 2 is 1.88 bits per heavy atom. The van der Waals surface area contributed by atoms with Crippen LogP contribution in [0, 0.1) is 11.3 Å². The normalized spacial score (nSPS) is 10.1. The van der Waals surface area contributed by atoms with Gasteiger partial charge in [0.2, 0.25) is 0 Å². The molecule has 0 radical (unpaired) electrons. The van der Waals surface area contributed by atoms with Crippen molar-refractivity contribution in [3.63, 3.8) is 0 Å². The predicted molar refractivity (Wildman–Crippen MR) is 80.6 cm³/mol. The molecule has 0 bridgehead atoms. The predicted octanol–water partition coefficient (Wildman–Crippen LogP) is 3.43. The molecule has 7 heteroatoms. The molecule has 0 aliphatic rings. The van der Waals surface area contributed by atoms with Crippen LogP contribution in [0.3, 0.4) is 0 Å². The van der Waals surface area contributed by atoms with Crippen LogP contribution in [-0.2, 0) is 0 Å². The van der Waals surface area contributed by atoms with E-state index < -0.39 is 6.61 Å². The zero-order valence-corrected chi connectivity index (χ0v) is 12.7. The molecule has 0 saturated carbocycles. The number of benzene rings is 2. The number of ketones is 1. The van der Waals surface area contributed by atoms with E-state index in [4.69, 9.17) is 14.7 Å². The Labute approximate surface area is 137 Å². The van der Waals surface area contributed by atoms with Crippen molar-refractivity contribution in [2.75, 3.05) is 13.7 Å². The van der Waals surface area contributed by atoms with Crippen molar-refractivity contribution in [3.8, 4) is 23.3 Å². The average molecular weight is 333 g/mol. The summed E-state index contributed by atoms with van der Waals surface area (Å²) >= 11 is 0. The standard InChI is InChI=1S/C17H13F2NO4/c1-22-16-8-11(9-20)2-7-15(16)23-10-14(21)12-3-5-13(6-4-12)24-17(18)19/h2-8,17H,10H2,1H3. The molecule has 0 N–H and O–H groups in total. The number of carbonyl (C=O) groups excluding carboxylic acids is 1. The summed E-state index contributed by atoms with van der Waals surface area (Å²) in [4.78, 5) is 12.1. The maximum absolute atomic E-state index is 12.1. The maximum Gasteiger partial charge on any atom is 0.387 e. The minimum Gasteiger partial charge on any atom is -0.493 e. The van der Waals surface area contributed by atoms with Gasteiger partial charge in [0, 0.05) is 11.6 Å². The number of Topliss-reactive ketones (excluding diaryl/α,β-unsaturated/α-hetero) is 1. The van der Waals surface area contributed by atoms with E-state index in [0.29, 0.717) is 22.6 Å². The molecule has 0 heterocycles. The van der Waals surface area contributed by atoms with Gasteiger partial charge in [0.15, 0.2) is 23.9 Å². The van der Waals surface area contributed by atoms with Crippen LogP contribution in [0.15, 0.2) is 42.5 Å². The molecule has 0 unspecified atom stereocenters.